The first-order chi connectivity index (χ1) is 8.00. The Hall–Kier alpha value is 0.0900. The smallest absolute Gasteiger partial charge is 0.256 e. The molecule has 0 radical (unpaired) electrons. The normalized spacial score (nSPS) is 25.1. The summed E-state index contributed by atoms with van der Waals surface area (Å²) in [5.74, 6) is 0.111. The van der Waals surface area contributed by atoms with Gasteiger partial charge in [0.05, 0.1) is 13.1 Å². The first-order valence-corrected chi connectivity index (χ1v) is 7.89. The molecule has 0 bridgehead atoms. The zero-order valence-electron chi connectivity index (χ0n) is 9.67. The number of carbonyl (C=O) groups is 1. The standard InChI is InChI=1S/C11H14Br2N2OS/c1-6-4-14-5-7(2)15(6)11(16)8-3-9(12)17-10(8)13/h3,6-7,14H,4-5H2,1-2H3. The van der Waals surface area contributed by atoms with E-state index in [2.05, 4.69) is 51.0 Å². The van der Waals surface area contributed by atoms with Crippen LogP contribution in [0.5, 0.6) is 0 Å². The minimum atomic E-state index is 0.111. The highest BCUT2D eigenvalue weighted by Gasteiger charge is 2.31. The van der Waals surface area contributed by atoms with Crippen molar-refractivity contribution in [1.29, 1.82) is 0 Å². The quantitative estimate of drug-likeness (QED) is 0.810. The number of thiophene rings is 1. The van der Waals surface area contributed by atoms with Crippen LogP contribution >= 0.6 is 43.2 Å². The molecular weight excluding hydrogens is 368 g/mol. The van der Waals surface area contributed by atoms with Crippen molar-refractivity contribution in [2.45, 2.75) is 25.9 Å². The van der Waals surface area contributed by atoms with E-state index in [9.17, 15) is 4.79 Å². The van der Waals surface area contributed by atoms with Crippen LogP contribution in [-0.4, -0.2) is 36.0 Å². The van der Waals surface area contributed by atoms with Crippen molar-refractivity contribution in [3.63, 3.8) is 0 Å². The van der Waals surface area contributed by atoms with Crippen LogP contribution in [0.4, 0.5) is 0 Å². The molecule has 94 valence electrons. The average Bonchev–Trinajstić information content (AvgIpc) is 2.57. The molecule has 1 fully saturated rings. The fourth-order valence-electron chi connectivity index (χ4n) is 2.16. The largest absolute Gasteiger partial charge is 0.331 e. The summed E-state index contributed by atoms with van der Waals surface area (Å²) in [6.07, 6.45) is 0. The number of rotatable bonds is 1. The molecule has 1 N–H and O–H groups in total. The molecule has 1 aliphatic heterocycles. The van der Waals surface area contributed by atoms with Gasteiger partial charge < -0.3 is 10.2 Å². The van der Waals surface area contributed by atoms with Gasteiger partial charge in [0, 0.05) is 25.2 Å². The second-order valence-electron chi connectivity index (χ2n) is 4.31. The highest BCUT2D eigenvalue weighted by Crippen LogP contribution is 2.33. The van der Waals surface area contributed by atoms with Crippen LogP contribution in [0.1, 0.15) is 24.2 Å². The molecule has 0 spiro atoms. The van der Waals surface area contributed by atoms with Crippen molar-refractivity contribution >= 4 is 49.1 Å². The molecule has 3 nitrogen and oxygen atoms in total. The van der Waals surface area contributed by atoms with Crippen molar-refractivity contribution in [2.75, 3.05) is 13.1 Å². The summed E-state index contributed by atoms with van der Waals surface area (Å²) in [5, 5.41) is 3.33. The van der Waals surface area contributed by atoms with E-state index in [0.29, 0.717) is 0 Å². The molecule has 2 heterocycles. The monoisotopic (exact) mass is 380 g/mol. The highest BCUT2D eigenvalue weighted by molar-refractivity contribution is 9.12. The third-order valence-corrected chi connectivity index (χ3v) is 5.29. The van der Waals surface area contributed by atoms with Gasteiger partial charge in [-0.05, 0) is 51.8 Å². The minimum absolute atomic E-state index is 0.111. The number of amides is 1. The fraction of sp³-hybridized carbons (Fsp3) is 0.545. The molecule has 1 saturated heterocycles. The topological polar surface area (TPSA) is 32.3 Å². The number of halogens is 2. The molecule has 0 aliphatic carbocycles. The number of hydrogen-bond donors (Lipinski definition) is 1. The van der Waals surface area contributed by atoms with E-state index in [1.165, 1.54) is 11.3 Å². The first kappa shape index (κ1) is 13.5. The van der Waals surface area contributed by atoms with Crippen LogP contribution in [0.2, 0.25) is 0 Å². The maximum atomic E-state index is 12.5. The maximum absolute atomic E-state index is 12.5. The number of nitrogens with one attached hydrogen (secondary N) is 1. The second kappa shape index (κ2) is 5.38. The van der Waals surface area contributed by atoms with E-state index in [1.54, 1.807) is 0 Å². The van der Waals surface area contributed by atoms with Crippen molar-refractivity contribution in [1.82, 2.24) is 10.2 Å². The predicted octanol–water partition coefficient (Wildman–Crippen LogP) is 3.10. The van der Waals surface area contributed by atoms with Gasteiger partial charge in [0.15, 0.2) is 0 Å². The first-order valence-electron chi connectivity index (χ1n) is 5.49. The third-order valence-electron chi connectivity index (χ3n) is 2.95. The second-order valence-corrected chi connectivity index (χ2v) is 8.06. The molecule has 2 rings (SSSR count). The summed E-state index contributed by atoms with van der Waals surface area (Å²) in [6, 6.07) is 2.35. The molecule has 2 atom stereocenters. The maximum Gasteiger partial charge on any atom is 0.256 e. The van der Waals surface area contributed by atoms with Crippen molar-refractivity contribution < 1.29 is 4.79 Å². The van der Waals surface area contributed by atoms with Crippen LogP contribution in [-0.2, 0) is 0 Å². The summed E-state index contributed by atoms with van der Waals surface area (Å²) in [5.41, 5.74) is 0.752. The van der Waals surface area contributed by atoms with Crippen LogP contribution in [0.15, 0.2) is 13.6 Å². The molecule has 0 aromatic carbocycles. The summed E-state index contributed by atoms with van der Waals surface area (Å²) >= 11 is 8.39. The van der Waals surface area contributed by atoms with E-state index in [1.807, 2.05) is 11.0 Å². The lowest BCUT2D eigenvalue weighted by Crippen LogP contribution is -2.57. The Morgan fingerprint density at radius 3 is 2.47 bits per heavy atom. The van der Waals surface area contributed by atoms with Gasteiger partial charge in [0.1, 0.15) is 0 Å². The van der Waals surface area contributed by atoms with Crippen molar-refractivity contribution in [2.24, 2.45) is 0 Å². The van der Waals surface area contributed by atoms with E-state index >= 15 is 0 Å². The van der Waals surface area contributed by atoms with Crippen LogP contribution < -0.4 is 5.32 Å². The Balaban J connectivity index is 2.27. The number of carbonyl (C=O) groups excluding carboxylic acids is 1. The van der Waals surface area contributed by atoms with E-state index < -0.39 is 0 Å². The minimum Gasteiger partial charge on any atom is -0.331 e. The fourth-order valence-corrected chi connectivity index (χ4v) is 4.94. The van der Waals surface area contributed by atoms with Gasteiger partial charge in [0.25, 0.3) is 5.91 Å². The summed E-state index contributed by atoms with van der Waals surface area (Å²) in [7, 11) is 0. The van der Waals surface area contributed by atoms with Crippen molar-refractivity contribution in [3.05, 3.63) is 19.2 Å². The van der Waals surface area contributed by atoms with Gasteiger partial charge in [-0.15, -0.1) is 11.3 Å². The lowest BCUT2D eigenvalue weighted by atomic mass is 10.1. The van der Waals surface area contributed by atoms with Crippen LogP contribution in [0, 0.1) is 0 Å². The Morgan fingerprint density at radius 1 is 1.41 bits per heavy atom. The molecule has 6 heteroatoms. The van der Waals surface area contributed by atoms with E-state index in [-0.39, 0.29) is 18.0 Å². The van der Waals surface area contributed by atoms with Crippen LogP contribution in [0.25, 0.3) is 0 Å². The zero-order chi connectivity index (χ0) is 12.6. The Kier molecular flexibility index (Phi) is 4.28. The lowest BCUT2D eigenvalue weighted by molar-refractivity contribution is 0.0544. The number of nitrogens with zero attached hydrogens (tertiary/aromatic N) is 1. The van der Waals surface area contributed by atoms with Gasteiger partial charge in [-0.2, -0.15) is 0 Å². The summed E-state index contributed by atoms with van der Waals surface area (Å²) < 4.78 is 1.87. The SMILES string of the molecule is CC1CNCC(C)N1C(=O)c1cc(Br)sc1Br. The Morgan fingerprint density at radius 2 is 2.00 bits per heavy atom. The van der Waals surface area contributed by atoms with Gasteiger partial charge in [-0.1, -0.05) is 0 Å². The highest BCUT2D eigenvalue weighted by atomic mass is 79.9. The molecule has 17 heavy (non-hydrogen) atoms. The van der Waals surface area contributed by atoms with Crippen LogP contribution in [0.3, 0.4) is 0 Å². The Labute approximate surface area is 122 Å². The average molecular weight is 382 g/mol. The molecule has 1 aromatic rings. The molecule has 1 aromatic heterocycles. The molecule has 1 amide bonds. The molecular formula is C11H14Br2N2OS. The lowest BCUT2D eigenvalue weighted by Gasteiger charge is -2.39. The Bertz CT molecular complexity index is 425. The predicted molar refractivity (Wildman–Crippen MR) is 77.7 cm³/mol. The van der Waals surface area contributed by atoms with Gasteiger partial charge >= 0.3 is 0 Å². The van der Waals surface area contributed by atoms with Gasteiger partial charge in [0.2, 0.25) is 0 Å². The van der Waals surface area contributed by atoms with E-state index in [0.717, 1.165) is 26.2 Å². The van der Waals surface area contributed by atoms with Crippen molar-refractivity contribution in [3.8, 4) is 0 Å². The summed E-state index contributed by atoms with van der Waals surface area (Å²) in [4.78, 5) is 14.5. The number of piperazine rings is 1. The molecule has 2 unspecified atom stereocenters. The summed E-state index contributed by atoms with van der Waals surface area (Å²) in [6.45, 7) is 5.88. The van der Waals surface area contributed by atoms with Gasteiger partial charge in [-0.25, -0.2) is 0 Å². The number of hydrogen-bond acceptors (Lipinski definition) is 3. The third kappa shape index (κ3) is 2.75. The zero-order valence-corrected chi connectivity index (χ0v) is 13.7. The van der Waals surface area contributed by atoms with Gasteiger partial charge in [-0.3, -0.25) is 4.79 Å². The van der Waals surface area contributed by atoms with E-state index in [4.69, 9.17) is 0 Å². The molecule has 1 aliphatic rings. The molecule has 0 saturated carbocycles.